The minimum absolute atomic E-state index is 0.127. The van der Waals surface area contributed by atoms with Gasteiger partial charge in [-0.1, -0.05) is 0 Å². The molecule has 0 spiro atoms. The second kappa shape index (κ2) is 2.93. The van der Waals surface area contributed by atoms with Gasteiger partial charge in [-0.2, -0.15) is 12.6 Å². The molecule has 0 saturated carbocycles. The van der Waals surface area contributed by atoms with Gasteiger partial charge in [0.2, 0.25) is 0 Å². The van der Waals surface area contributed by atoms with E-state index in [-0.39, 0.29) is 11.8 Å². The molecule has 0 radical (unpaired) electrons. The van der Waals surface area contributed by atoms with Crippen molar-refractivity contribution in [3.63, 3.8) is 0 Å². The van der Waals surface area contributed by atoms with Gasteiger partial charge < -0.3 is 0 Å². The normalized spacial score (nSPS) is 34.7. The number of thiol groups is 1. The van der Waals surface area contributed by atoms with Crippen molar-refractivity contribution in [1.82, 2.24) is 4.90 Å². The lowest BCUT2D eigenvalue weighted by Gasteiger charge is -2.14. The summed E-state index contributed by atoms with van der Waals surface area (Å²) < 4.78 is 0. The summed E-state index contributed by atoms with van der Waals surface area (Å²) in [6.45, 7) is 2.58. The molecular formula is C7H13NOS. The number of ketones is 1. The van der Waals surface area contributed by atoms with Crippen LogP contribution in [-0.2, 0) is 4.79 Å². The van der Waals surface area contributed by atoms with E-state index in [0.717, 1.165) is 13.0 Å². The number of hydrogen-bond donors (Lipinski definition) is 1. The van der Waals surface area contributed by atoms with E-state index in [0.29, 0.717) is 5.25 Å². The van der Waals surface area contributed by atoms with Crippen molar-refractivity contribution in [1.29, 1.82) is 0 Å². The number of nitrogens with zero attached hydrogens (tertiary/aromatic N) is 1. The van der Waals surface area contributed by atoms with E-state index in [1.165, 1.54) is 0 Å². The zero-order valence-corrected chi connectivity index (χ0v) is 7.27. The van der Waals surface area contributed by atoms with Crippen molar-refractivity contribution in [3.05, 3.63) is 0 Å². The molecule has 1 aliphatic heterocycles. The lowest BCUT2D eigenvalue weighted by atomic mass is 10.1. The number of carbonyl (C=O) groups excluding carboxylic acids is 1. The number of rotatable bonds is 1. The van der Waals surface area contributed by atoms with Crippen molar-refractivity contribution >= 4 is 18.4 Å². The van der Waals surface area contributed by atoms with Gasteiger partial charge in [0.15, 0.2) is 0 Å². The number of likely N-dealkylation sites (tertiary alicyclic amines) is 1. The smallest absolute Gasteiger partial charge is 0.146 e. The molecule has 10 heavy (non-hydrogen) atoms. The van der Waals surface area contributed by atoms with Gasteiger partial charge in [-0.05, 0) is 20.4 Å². The van der Waals surface area contributed by atoms with Gasteiger partial charge in [0.05, 0.1) is 6.04 Å². The molecule has 1 fully saturated rings. The Morgan fingerprint density at radius 1 is 1.70 bits per heavy atom. The second-order valence-corrected chi connectivity index (χ2v) is 3.69. The van der Waals surface area contributed by atoms with Crippen molar-refractivity contribution < 1.29 is 4.79 Å². The van der Waals surface area contributed by atoms with Crippen molar-refractivity contribution in [2.45, 2.75) is 24.6 Å². The molecule has 2 unspecified atom stereocenters. The predicted molar refractivity (Wildman–Crippen MR) is 44.5 cm³/mol. The van der Waals surface area contributed by atoms with Gasteiger partial charge in [-0.3, -0.25) is 9.69 Å². The van der Waals surface area contributed by atoms with Gasteiger partial charge >= 0.3 is 0 Å². The summed E-state index contributed by atoms with van der Waals surface area (Å²) in [5.41, 5.74) is 0. The topological polar surface area (TPSA) is 20.3 Å². The molecule has 2 atom stereocenters. The van der Waals surface area contributed by atoms with Crippen LogP contribution in [0, 0.1) is 0 Å². The Hall–Kier alpha value is -0.0200. The molecular weight excluding hydrogens is 146 g/mol. The van der Waals surface area contributed by atoms with E-state index in [1.54, 1.807) is 6.92 Å². The third-order valence-corrected chi connectivity index (χ3v) is 2.37. The molecule has 2 nitrogen and oxygen atoms in total. The van der Waals surface area contributed by atoms with Crippen LogP contribution in [0.4, 0.5) is 0 Å². The van der Waals surface area contributed by atoms with E-state index in [2.05, 4.69) is 17.5 Å². The van der Waals surface area contributed by atoms with E-state index in [4.69, 9.17) is 0 Å². The van der Waals surface area contributed by atoms with Crippen LogP contribution in [0.15, 0.2) is 0 Å². The van der Waals surface area contributed by atoms with Gasteiger partial charge in [-0.25, -0.2) is 0 Å². The molecule has 1 saturated heterocycles. The van der Waals surface area contributed by atoms with Crippen LogP contribution in [0.2, 0.25) is 0 Å². The molecule has 1 aliphatic rings. The van der Waals surface area contributed by atoms with E-state index >= 15 is 0 Å². The minimum atomic E-state index is 0.127. The molecule has 0 N–H and O–H groups in total. The van der Waals surface area contributed by atoms with Gasteiger partial charge in [0, 0.05) is 11.8 Å². The van der Waals surface area contributed by atoms with Crippen LogP contribution in [-0.4, -0.2) is 35.6 Å². The van der Waals surface area contributed by atoms with Crippen LogP contribution < -0.4 is 0 Å². The van der Waals surface area contributed by atoms with Crippen molar-refractivity contribution in [2.24, 2.45) is 0 Å². The maximum absolute atomic E-state index is 10.9. The Balaban J connectivity index is 2.54. The summed E-state index contributed by atoms with van der Waals surface area (Å²) in [5.74, 6) is 0.263. The Kier molecular flexibility index (Phi) is 2.36. The molecule has 1 heterocycles. The predicted octanol–water partition coefficient (Wildman–Crippen LogP) is 0.578. The SMILES string of the molecule is CC(=O)C1CC(S)CN1C. The Bertz CT molecular complexity index is 149. The second-order valence-electron chi connectivity index (χ2n) is 2.96. The van der Waals surface area contributed by atoms with Crippen LogP contribution in [0.5, 0.6) is 0 Å². The summed E-state index contributed by atoms with van der Waals surface area (Å²) >= 11 is 4.31. The van der Waals surface area contributed by atoms with Gasteiger partial charge in [0.25, 0.3) is 0 Å². The minimum Gasteiger partial charge on any atom is -0.298 e. The lowest BCUT2D eigenvalue weighted by Crippen LogP contribution is -2.30. The standard InChI is InChI=1S/C7H13NOS/c1-5(9)7-3-6(10)4-8(7)2/h6-7,10H,3-4H2,1-2H3. The van der Waals surface area contributed by atoms with Crippen LogP contribution >= 0.6 is 12.6 Å². The average molecular weight is 159 g/mol. The Morgan fingerprint density at radius 2 is 2.30 bits per heavy atom. The first kappa shape index (κ1) is 8.08. The molecule has 3 heteroatoms. The molecule has 0 bridgehead atoms. The fraction of sp³-hybridized carbons (Fsp3) is 0.857. The van der Waals surface area contributed by atoms with Gasteiger partial charge in [-0.15, -0.1) is 0 Å². The Labute approximate surface area is 67.0 Å². The fourth-order valence-corrected chi connectivity index (χ4v) is 1.91. The van der Waals surface area contributed by atoms with Crippen LogP contribution in [0.3, 0.4) is 0 Å². The van der Waals surface area contributed by atoms with E-state index < -0.39 is 0 Å². The van der Waals surface area contributed by atoms with E-state index in [9.17, 15) is 4.79 Å². The first-order valence-electron chi connectivity index (χ1n) is 3.50. The number of carbonyl (C=O) groups is 1. The highest BCUT2D eigenvalue weighted by Crippen LogP contribution is 2.19. The van der Waals surface area contributed by atoms with Crippen molar-refractivity contribution in [2.75, 3.05) is 13.6 Å². The first-order valence-corrected chi connectivity index (χ1v) is 4.01. The van der Waals surface area contributed by atoms with Crippen LogP contribution in [0.1, 0.15) is 13.3 Å². The maximum Gasteiger partial charge on any atom is 0.146 e. The van der Waals surface area contributed by atoms with Crippen LogP contribution in [0.25, 0.3) is 0 Å². The maximum atomic E-state index is 10.9. The summed E-state index contributed by atoms with van der Waals surface area (Å²) in [6, 6.07) is 0.127. The molecule has 58 valence electrons. The monoisotopic (exact) mass is 159 g/mol. The summed E-state index contributed by atoms with van der Waals surface area (Å²) in [4.78, 5) is 13.0. The zero-order chi connectivity index (χ0) is 7.72. The van der Waals surface area contributed by atoms with E-state index in [1.807, 2.05) is 7.05 Å². The number of likely N-dealkylation sites (N-methyl/N-ethyl adjacent to an activating group) is 1. The molecule has 1 rings (SSSR count). The average Bonchev–Trinajstić information content (AvgIpc) is 2.10. The molecule has 0 amide bonds. The third kappa shape index (κ3) is 1.52. The number of Topliss-reactive ketones (excluding diaryl/α,β-unsaturated/α-hetero) is 1. The summed E-state index contributed by atoms with van der Waals surface area (Å²) in [7, 11) is 1.97. The van der Waals surface area contributed by atoms with Crippen molar-refractivity contribution in [3.8, 4) is 0 Å². The highest BCUT2D eigenvalue weighted by Gasteiger charge is 2.29. The highest BCUT2D eigenvalue weighted by molar-refractivity contribution is 7.81. The summed E-state index contributed by atoms with van der Waals surface area (Å²) in [5, 5.41) is 0.388. The van der Waals surface area contributed by atoms with Gasteiger partial charge in [0.1, 0.15) is 5.78 Å². The molecule has 0 aromatic carbocycles. The Morgan fingerprint density at radius 3 is 2.50 bits per heavy atom. The fourth-order valence-electron chi connectivity index (χ4n) is 1.45. The first-order chi connectivity index (χ1) is 4.61. The summed E-state index contributed by atoms with van der Waals surface area (Å²) in [6.07, 6.45) is 0.912. The lowest BCUT2D eigenvalue weighted by molar-refractivity contribution is -0.120. The quantitative estimate of drug-likeness (QED) is 0.565. The molecule has 0 aromatic rings. The highest BCUT2D eigenvalue weighted by atomic mass is 32.1. The number of hydrogen-bond acceptors (Lipinski definition) is 3. The molecule has 0 aromatic heterocycles. The molecule has 0 aliphatic carbocycles. The largest absolute Gasteiger partial charge is 0.298 e. The zero-order valence-electron chi connectivity index (χ0n) is 6.37. The third-order valence-electron chi connectivity index (χ3n) is 2.00.